The Hall–Kier alpha value is -3.29. The molecular weight excluding hydrogens is 358 g/mol. The number of nitrogens with one attached hydrogen (secondary N) is 1. The topological polar surface area (TPSA) is 83.5 Å². The van der Waals surface area contributed by atoms with Crippen LogP contribution in [0.3, 0.4) is 0 Å². The van der Waals surface area contributed by atoms with Crippen molar-refractivity contribution in [1.29, 1.82) is 0 Å². The van der Waals surface area contributed by atoms with Crippen LogP contribution < -0.4 is 15.1 Å². The second kappa shape index (κ2) is 7.38. The smallest absolute Gasteiger partial charge is 0.260 e. The quantitative estimate of drug-likeness (QED) is 0.737. The highest BCUT2D eigenvalue weighted by molar-refractivity contribution is 5.79. The summed E-state index contributed by atoms with van der Waals surface area (Å²) in [5, 5.41) is 0. The number of carbonyl (C=O) groups is 1. The van der Waals surface area contributed by atoms with E-state index in [2.05, 4.69) is 20.5 Å². The Labute approximate surface area is 162 Å². The number of aromatic amines is 1. The summed E-state index contributed by atoms with van der Waals surface area (Å²) >= 11 is 0. The molecule has 1 amide bonds. The fourth-order valence-electron chi connectivity index (χ4n) is 3.48. The number of H-pyrrole nitrogens is 1. The van der Waals surface area contributed by atoms with Crippen molar-refractivity contribution < 1.29 is 9.53 Å². The SMILES string of the molecule is Cc1cc(=O)c(OCC(=O)N2CCN(c3nc4ccccc4n3C)CC2)c[nH]1. The third-order valence-electron chi connectivity index (χ3n) is 5.05. The molecule has 8 heteroatoms. The van der Waals surface area contributed by atoms with Crippen LogP contribution in [0.25, 0.3) is 11.0 Å². The average molecular weight is 381 g/mol. The van der Waals surface area contributed by atoms with Crippen LogP contribution in [0.4, 0.5) is 5.95 Å². The van der Waals surface area contributed by atoms with Gasteiger partial charge in [-0.3, -0.25) is 9.59 Å². The van der Waals surface area contributed by atoms with Gasteiger partial charge in [-0.25, -0.2) is 4.98 Å². The molecule has 1 aliphatic heterocycles. The Kier molecular flexibility index (Phi) is 4.77. The summed E-state index contributed by atoms with van der Waals surface area (Å²) < 4.78 is 7.50. The van der Waals surface area contributed by atoms with Gasteiger partial charge in [0.25, 0.3) is 5.91 Å². The molecule has 0 unspecified atom stereocenters. The zero-order chi connectivity index (χ0) is 19.7. The Morgan fingerprint density at radius 2 is 1.96 bits per heavy atom. The van der Waals surface area contributed by atoms with E-state index in [0.29, 0.717) is 26.2 Å². The number of imidazole rings is 1. The number of rotatable bonds is 4. The van der Waals surface area contributed by atoms with Crippen molar-refractivity contribution in [3.63, 3.8) is 0 Å². The van der Waals surface area contributed by atoms with E-state index in [0.717, 1.165) is 22.7 Å². The molecule has 1 fully saturated rings. The third-order valence-corrected chi connectivity index (χ3v) is 5.05. The molecule has 2 aromatic heterocycles. The summed E-state index contributed by atoms with van der Waals surface area (Å²) in [4.78, 5) is 35.9. The van der Waals surface area contributed by atoms with E-state index in [4.69, 9.17) is 9.72 Å². The molecule has 3 heterocycles. The third kappa shape index (κ3) is 3.45. The monoisotopic (exact) mass is 381 g/mol. The zero-order valence-corrected chi connectivity index (χ0v) is 16.0. The van der Waals surface area contributed by atoms with Gasteiger partial charge in [0.05, 0.1) is 11.0 Å². The number of amides is 1. The summed E-state index contributed by atoms with van der Waals surface area (Å²) in [6.45, 7) is 4.24. The van der Waals surface area contributed by atoms with Gasteiger partial charge in [0.2, 0.25) is 11.4 Å². The number of nitrogens with zero attached hydrogens (tertiary/aromatic N) is 4. The number of aryl methyl sites for hydroxylation is 2. The molecule has 1 aliphatic rings. The van der Waals surface area contributed by atoms with Crippen LogP contribution >= 0.6 is 0 Å². The van der Waals surface area contributed by atoms with Crippen LogP contribution in [0.15, 0.2) is 41.3 Å². The van der Waals surface area contributed by atoms with Crippen molar-refractivity contribution in [2.24, 2.45) is 7.05 Å². The standard InChI is InChI=1S/C20H23N5O3/c1-14-11-17(26)18(12-21-14)28-13-19(27)24-7-9-25(10-8-24)20-22-15-5-3-4-6-16(15)23(20)2/h3-6,11-12H,7-10,13H2,1-2H3,(H,21,26). The van der Waals surface area contributed by atoms with Gasteiger partial charge in [0, 0.05) is 51.2 Å². The Bertz CT molecular complexity index is 1060. The number of benzene rings is 1. The first-order valence-electron chi connectivity index (χ1n) is 9.29. The van der Waals surface area contributed by atoms with Gasteiger partial charge in [-0.1, -0.05) is 12.1 Å². The summed E-state index contributed by atoms with van der Waals surface area (Å²) in [6.07, 6.45) is 1.49. The predicted octanol–water partition coefficient (Wildman–Crippen LogP) is 1.30. The van der Waals surface area contributed by atoms with Crippen LogP contribution in [0, 0.1) is 6.92 Å². The van der Waals surface area contributed by atoms with E-state index < -0.39 is 0 Å². The highest BCUT2D eigenvalue weighted by Gasteiger charge is 2.24. The van der Waals surface area contributed by atoms with E-state index in [1.165, 1.54) is 12.3 Å². The number of hydrogen-bond donors (Lipinski definition) is 1. The lowest BCUT2D eigenvalue weighted by Crippen LogP contribution is -2.50. The van der Waals surface area contributed by atoms with E-state index in [-0.39, 0.29) is 23.7 Å². The maximum atomic E-state index is 12.4. The zero-order valence-electron chi connectivity index (χ0n) is 16.0. The van der Waals surface area contributed by atoms with Crippen molar-refractivity contribution in [1.82, 2.24) is 19.4 Å². The number of anilines is 1. The number of ether oxygens (including phenoxy) is 1. The lowest BCUT2D eigenvalue weighted by Gasteiger charge is -2.35. The molecule has 28 heavy (non-hydrogen) atoms. The number of pyridine rings is 1. The van der Waals surface area contributed by atoms with E-state index in [9.17, 15) is 9.59 Å². The Morgan fingerprint density at radius 3 is 2.68 bits per heavy atom. The van der Waals surface area contributed by atoms with Gasteiger partial charge in [-0.15, -0.1) is 0 Å². The van der Waals surface area contributed by atoms with Gasteiger partial charge in [-0.2, -0.15) is 0 Å². The highest BCUT2D eigenvalue weighted by atomic mass is 16.5. The number of hydrogen-bond acceptors (Lipinski definition) is 5. The highest BCUT2D eigenvalue weighted by Crippen LogP contribution is 2.22. The summed E-state index contributed by atoms with van der Waals surface area (Å²) in [5.74, 6) is 0.956. The van der Waals surface area contributed by atoms with Gasteiger partial charge in [-0.05, 0) is 19.1 Å². The molecule has 1 N–H and O–H groups in total. The fourth-order valence-corrected chi connectivity index (χ4v) is 3.48. The van der Waals surface area contributed by atoms with Crippen LogP contribution in [-0.4, -0.2) is 58.1 Å². The van der Waals surface area contributed by atoms with Crippen molar-refractivity contribution >= 4 is 22.9 Å². The molecule has 1 aromatic carbocycles. The second-order valence-electron chi connectivity index (χ2n) is 6.96. The predicted molar refractivity (Wildman–Crippen MR) is 107 cm³/mol. The van der Waals surface area contributed by atoms with Crippen molar-refractivity contribution in [3.05, 3.63) is 52.4 Å². The minimum Gasteiger partial charge on any atom is -0.478 e. The van der Waals surface area contributed by atoms with E-state index >= 15 is 0 Å². The van der Waals surface area contributed by atoms with Gasteiger partial charge in [0.15, 0.2) is 12.4 Å². The number of piperazine rings is 1. The van der Waals surface area contributed by atoms with E-state index in [1.807, 2.05) is 25.2 Å². The molecule has 0 radical (unpaired) electrons. The Morgan fingerprint density at radius 1 is 1.21 bits per heavy atom. The van der Waals surface area contributed by atoms with Crippen LogP contribution in [-0.2, 0) is 11.8 Å². The molecule has 0 atom stereocenters. The molecule has 0 spiro atoms. The van der Waals surface area contributed by atoms with E-state index in [1.54, 1.807) is 11.8 Å². The minimum absolute atomic E-state index is 0.121. The first-order chi connectivity index (χ1) is 13.5. The van der Waals surface area contributed by atoms with Gasteiger partial charge < -0.3 is 24.1 Å². The number of para-hydroxylation sites is 2. The molecule has 146 valence electrons. The largest absolute Gasteiger partial charge is 0.478 e. The number of aromatic nitrogens is 3. The van der Waals surface area contributed by atoms with Crippen LogP contribution in [0.2, 0.25) is 0 Å². The lowest BCUT2D eigenvalue weighted by molar-refractivity contribution is -0.133. The molecular formula is C20H23N5O3. The molecule has 0 aliphatic carbocycles. The van der Waals surface area contributed by atoms with Crippen molar-refractivity contribution in [3.8, 4) is 5.75 Å². The fraction of sp³-hybridized carbons (Fsp3) is 0.350. The molecule has 8 nitrogen and oxygen atoms in total. The maximum Gasteiger partial charge on any atom is 0.260 e. The first kappa shape index (κ1) is 18.1. The average Bonchev–Trinajstić information content (AvgIpc) is 3.04. The normalized spacial score (nSPS) is 14.5. The number of carbonyl (C=O) groups excluding carboxylic acids is 1. The molecule has 3 aromatic rings. The second-order valence-corrected chi connectivity index (χ2v) is 6.96. The summed E-state index contributed by atoms with van der Waals surface area (Å²) in [5.41, 5.74) is 2.58. The summed E-state index contributed by atoms with van der Waals surface area (Å²) in [7, 11) is 2.01. The number of fused-ring (bicyclic) bond motifs is 1. The minimum atomic E-state index is -0.226. The molecule has 4 rings (SSSR count). The molecule has 0 saturated carbocycles. The Balaban J connectivity index is 1.36. The molecule has 1 saturated heterocycles. The van der Waals surface area contributed by atoms with Gasteiger partial charge in [0.1, 0.15) is 0 Å². The lowest BCUT2D eigenvalue weighted by atomic mass is 10.3. The van der Waals surface area contributed by atoms with Gasteiger partial charge >= 0.3 is 0 Å². The first-order valence-corrected chi connectivity index (χ1v) is 9.29. The summed E-state index contributed by atoms with van der Waals surface area (Å²) in [6, 6.07) is 9.49. The maximum absolute atomic E-state index is 12.4. The van der Waals surface area contributed by atoms with Crippen molar-refractivity contribution in [2.75, 3.05) is 37.7 Å². The van der Waals surface area contributed by atoms with Crippen molar-refractivity contribution in [2.45, 2.75) is 6.92 Å². The van der Waals surface area contributed by atoms with Crippen LogP contribution in [0.1, 0.15) is 5.69 Å². The van der Waals surface area contributed by atoms with Crippen LogP contribution in [0.5, 0.6) is 5.75 Å². The molecule has 0 bridgehead atoms.